The maximum Gasteiger partial charge on any atom is 0.272 e. The third-order valence-corrected chi connectivity index (χ3v) is 8.46. The molecule has 1 aliphatic rings. The van der Waals surface area contributed by atoms with Crippen molar-refractivity contribution in [3.63, 3.8) is 0 Å². The molecular weight excluding hydrogens is 582 g/mol. The van der Waals surface area contributed by atoms with Crippen LogP contribution < -0.4 is 20.1 Å². The Labute approximate surface area is 272 Å². The highest BCUT2D eigenvalue weighted by Gasteiger charge is 2.29. The van der Waals surface area contributed by atoms with Gasteiger partial charge in [-0.1, -0.05) is 57.2 Å². The van der Waals surface area contributed by atoms with E-state index in [-0.39, 0.29) is 48.3 Å². The molecule has 248 valence electrons. The maximum absolute atomic E-state index is 13.8. The largest absolute Gasteiger partial charge is 0.496 e. The van der Waals surface area contributed by atoms with Crippen molar-refractivity contribution >= 4 is 17.7 Å². The van der Waals surface area contributed by atoms with Crippen molar-refractivity contribution < 1.29 is 23.9 Å². The van der Waals surface area contributed by atoms with Crippen LogP contribution in [0.1, 0.15) is 81.4 Å². The van der Waals surface area contributed by atoms with Crippen molar-refractivity contribution in [2.75, 3.05) is 27.7 Å². The summed E-state index contributed by atoms with van der Waals surface area (Å²) in [7, 11) is 4.91. The summed E-state index contributed by atoms with van der Waals surface area (Å²) in [5.41, 5.74) is 2.81. The summed E-state index contributed by atoms with van der Waals surface area (Å²) >= 11 is 0. The molecule has 0 unspecified atom stereocenters. The number of rotatable bonds is 14. The Balaban J connectivity index is 1.65. The summed E-state index contributed by atoms with van der Waals surface area (Å²) in [4.78, 5) is 40.0. The molecule has 2 aromatic carbocycles. The molecule has 3 amide bonds. The fourth-order valence-corrected chi connectivity index (χ4v) is 5.90. The number of nitrogens with one attached hydrogen (secondary N) is 2. The number of hydrogen-bond donors (Lipinski definition) is 2. The van der Waals surface area contributed by atoms with Crippen molar-refractivity contribution in [2.24, 2.45) is 11.8 Å². The number of hydrogen-bond acceptors (Lipinski definition) is 6. The minimum atomic E-state index is -0.429. The van der Waals surface area contributed by atoms with Gasteiger partial charge in [-0.25, -0.2) is 0 Å². The van der Waals surface area contributed by atoms with Crippen molar-refractivity contribution in [3.8, 4) is 22.8 Å². The first kappa shape index (κ1) is 34.5. The second-order valence-electron chi connectivity index (χ2n) is 12.9. The van der Waals surface area contributed by atoms with Crippen LogP contribution in [-0.2, 0) is 16.2 Å². The molecule has 2 N–H and O–H groups in total. The average Bonchev–Trinajstić information content (AvgIpc) is 3.48. The van der Waals surface area contributed by atoms with Gasteiger partial charge in [0.1, 0.15) is 18.1 Å². The number of benzene rings is 2. The fourth-order valence-electron chi connectivity index (χ4n) is 5.90. The Morgan fingerprint density at radius 3 is 2.35 bits per heavy atom. The zero-order valence-electron chi connectivity index (χ0n) is 28.0. The topological polar surface area (TPSA) is 115 Å². The van der Waals surface area contributed by atoms with Crippen molar-refractivity contribution in [1.29, 1.82) is 0 Å². The van der Waals surface area contributed by atoms with E-state index < -0.39 is 6.04 Å². The minimum Gasteiger partial charge on any atom is -0.496 e. The molecule has 1 heterocycles. The summed E-state index contributed by atoms with van der Waals surface area (Å²) in [5, 5.41) is 10.6. The molecule has 10 nitrogen and oxygen atoms in total. The normalized spacial score (nSPS) is 16.8. The maximum atomic E-state index is 13.8. The molecule has 1 fully saturated rings. The molecule has 46 heavy (non-hydrogen) atoms. The molecule has 1 aliphatic carbocycles. The highest BCUT2D eigenvalue weighted by molar-refractivity contribution is 5.94. The molecule has 0 radical (unpaired) electrons. The first-order valence-corrected chi connectivity index (χ1v) is 16.3. The van der Waals surface area contributed by atoms with Gasteiger partial charge in [0.25, 0.3) is 5.91 Å². The summed E-state index contributed by atoms with van der Waals surface area (Å²) in [6.07, 6.45) is 4.72. The highest BCUT2D eigenvalue weighted by atomic mass is 16.5. The minimum absolute atomic E-state index is 0.0582. The van der Waals surface area contributed by atoms with Crippen LogP contribution >= 0.6 is 0 Å². The van der Waals surface area contributed by atoms with Crippen LogP contribution in [0.5, 0.6) is 11.5 Å². The van der Waals surface area contributed by atoms with E-state index in [4.69, 9.17) is 14.6 Å². The summed E-state index contributed by atoms with van der Waals surface area (Å²) in [6.45, 7) is 6.65. The van der Waals surface area contributed by atoms with Crippen molar-refractivity contribution in [1.82, 2.24) is 25.3 Å². The van der Waals surface area contributed by atoms with E-state index in [1.54, 1.807) is 21.2 Å². The van der Waals surface area contributed by atoms with Gasteiger partial charge in [0.2, 0.25) is 11.8 Å². The van der Waals surface area contributed by atoms with Crippen LogP contribution in [0.25, 0.3) is 11.3 Å². The molecule has 0 spiro atoms. The number of likely N-dealkylation sites (N-methyl/N-ethyl adjacent to an activating group) is 1. The Morgan fingerprint density at radius 1 is 1.00 bits per heavy atom. The Morgan fingerprint density at radius 2 is 1.70 bits per heavy atom. The molecule has 0 saturated heterocycles. The third-order valence-electron chi connectivity index (χ3n) is 8.46. The number of ether oxygens (including phenoxy) is 2. The van der Waals surface area contributed by atoms with Gasteiger partial charge in [0, 0.05) is 26.6 Å². The van der Waals surface area contributed by atoms with Gasteiger partial charge < -0.3 is 25.0 Å². The van der Waals surface area contributed by atoms with Gasteiger partial charge in [-0.3, -0.25) is 19.1 Å². The summed E-state index contributed by atoms with van der Waals surface area (Å²) < 4.78 is 14.2. The van der Waals surface area contributed by atoms with Gasteiger partial charge in [0.05, 0.1) is 31.0 Å². The second-order valence-corrected chi connectivity index (χ2v) is 12.9. The van der Waals surface area contributed by atoms with Crippen LogP contribution in [0.2, 0.25) is 0 Å². The molecule has 1 atom stereocenters. The standard InChI is InChI=1S/C36H49N5O5/c1-24(2)19-27(20-33(42)37-22-34(43)40(4)5)38-36(44)29-21-30(41(39-29)28-17-15-25(3)16-18-28)35-31(45-6)13-10-14-32(35)46-23-26-11-8-7-9-12-26/h7-14,21,24-25,27-28H,15-20,22-23H2,1-6H3,(H,37,42)(H,38,44)/t25?,27-,28?/m0/s1. The number of aromatic nitrogens is 2. The van der Waals surface area contributed by atoms with Crippen molar-refractivity contribution in [2.45, 2.75) is 78.0 Å². The van der Waals surface area contributed by atoms with E-state index in [1.807, 2.05) is 73.1 Å². The number of methoxy groups -OCH3 is 1. The van der Waals surface area contributed by atoms with E-state index in [9.17, 15) is 14.4 Å². The Hall–Kier alpha value is -4.34. The number of carbonyl (C=O) groups is 3. The SMILES string of the molecule is COc1cccc(OCc2ccccc2)c1-c1cc(C(=O)N[C@H](CC(=O)NCC(=O)N(C)C)CC(C)C)nn1C1CCC(C)CC1. The molecule has 0 aliphatic heterocycles. The van der Waals surface area contributed by atoms with Crippen LogP contribution in [0.3, 0.4) is 0 Å². The first-order chi connectivity index (χ1) is 22.0. The van der Waals surface area contributed by atoms with Gasteiger partial charge >= 0.3 is 0 Å². The molecule has 1 saturated carbocycles. The summed E-state index contributed by atoms with van der Waals surface area (Å²) in [6, 6.07) is 17.2. The van der Waals surface area contributed by atoms with Gasteiger partial charge in [-0.15, -0.1) is 0 Å². The molecular formula is C36H49N5O5. The molecule has 0 bridgehead atoms. The van der Waals surface area contributed by atoms with E-state index in [1.165, 1.54) is 4.90 Å². The molecule has 1 aromatic heterocycles. The lowest BCUT2D eigenvalue weighted by atomic mass is 9.87. The monoisotopic (exact) mass is 631 g/mol. The predicted octanol–water partition coefficient (Wildman–Crippen LogP) is 5.63. The second kappa shape index (κ2) is 16.3. The van der Waals surface area contributed by atoms with Gasteiger partial charge in [0.15, 0.2) is 5.69 Å². The lowest BCUT2D eigenvalue weighted by molar-refractivity contribution is -0.131. The number of carbonyl (C=O) groups excluding carboxylic acids is 3. The third kappa shape index (κ3) is 9.34. The van der Waals surface area contributed by atoms with E-state index in [2.05, 4.69) is 17.6 Å². The van der Waals surface area contributed by atoms with Crippen LogP contribution in [0, 0.1) is 11.8 Å². The first-order valence-electron chi connectivity index (χ1n) is 16.3. The number of amides is 3. The zero-order chi connectivity index (χ0) is 33.2. The Kier molecular flexibility index (Phi) is 12.2. The molecule has 10 heteroatoms. The van der Waals surface area contributed by atoms with E-state index in [0.717, 1.165) is 42.5 Å². The quantitative estimate of drug-likeness (QED) is 0.239. The van der Waals surface area contributed by atoms with Gasteiger partial charge in [-0.2, -0.15) is 5.10 Å². The molecule has 4 rings (SSSR count). The highest BCUT2D eigenvalue weighted by Crippen LogP contribution is 2.42. The predicted molar refractivity (Wildman–Crippen MR) is 179 cm³/mol. The number of nitrogens with zero attached hydrogens (tertiary/aromatic N) is 3. The average molecular weight is 632 g/mol. The fraction of sp³-hybridized carbons (Fsp3) is 0.500. The summed E-state index contributed by atoms with van der Waals surface area (Å²) in [5.74, 6) is 1.30. The van der Waals surface area contributed by atoms with Crippen LogP contribution in [-0.4, -0.2) is 66.2 Å². The molecule has 3 aromatic rings. The van der Waals surface area contributed by atoms with E-state index in [0.29, 0.717) is 30.4 Å². The van der Waals surface area contributed by atoms with Crippen LogP contribution in [0.4, 0.5) is 0 Å². The van der Waals surface area contributed by atoms with Crippen molar-refractivity contribution in [3.05, 3.63) is 65.9 Å². The van der Waals surface area contributed by atoms with Crippen LogP contribution in [0.15, 0.2) is 54.6 Å². The smallest absolute Gasteiger partial charge is 0.272 e. The zero-order valence-corrected chi connectivity index (χ0v) is 28.0. The lowest BCUT2D eigenvalue weighted by Gasteiger charge is -2.28. The Bertz CT molecular complexity index is 1460. The van der Waals surface area contributed by atoms with Gasteiger partial charge in [-0.05, 0) is 67.7 Å². The van der Waals surface area contributed by atoms with E-state index >= 15 is 0 Å². The lowest BCUT2D eigenvalue weighted by Crippen LogP contribution is -2.42.